The van der Waals surface area contributed by atoms with Gasteiger partial charge < -0.3 is 15.0 Å². The van der Waals surface area contributed by atoms with Crippen LogP contribution in [0.15, 0.2) is 54.7 Å². The maximum atomic E-state index is 9.40. The van der Waals surface area contributed by atoms with Crippen LogP contribution < -0.4 is 10.8 Å². The highest BCUT2D eigenvalue weighted by molar-refractivity contribution is 7.80. The Kier molecular flexibility index (Phi) is 3.47. The molecule has 0 saturated heterocycles. The molecule has 2 aromatic carbocycles. The van der Waals surface area contributed by atoms with Crippen LogP contribution in [0.2, 0.25) is 0 Å². The first-order valence-electron chi connectivity index (χ1n) is 6.29. The maximum Gasteiger partial charge on any atom is 0.194 e. The summed E-state index contributed by atoms with van der Waals surface area (Å²) in [4.78, 5) is 0. The highest BCUT2D eigenvalue weighted by Gasteiger charge is 2.10. The summed E-state index contributed by atoms with van der Waals surface area (Å²) < 4.78 is 1.98. The van der Waals surface area contributed by atoms with Crippen molar-refractivity contribution in [2.24, 2.45) is 0 Å². The van der Waals surface area contributed by atoms with Crippen LogP contribution in [0.3, 0.4) is 0 Å². The van der Waals surface area contributed by atoms with Crippen molar-refractivity contribution in [3.63, 3.8) is 0 Å². The number of hydroxylamine groups is 1. The van der Waals surface area contributed by atoms with Crippen LogP contribution in [0, 0.1) is 0 Å². The molecule has 21 heavy (non-hydrogen) atoms. The second-order valence-corrected chi connectivity index (χ2v) is 4.92. The number of phenols is 1. The third-order valence-corrected chi connectivity index (χ3v) is 3.38. The molecule has 0 aliphatic rings. The largest absolute Gasteiger partial charge is 0.508 e. The number of benzene rings is 2. The minimum Gasteiger partial charge on any atom is -0.508 e. The van der Waals surface area contributed by atoms with E-state index in [0.717, 1.165) is 22.3 Å². The fraction of sp³-hybridized carbons (Fsp3) is 0. The zero-order valence-electron chi connectivity index (χ0n) is 10.9. The van der Waals surface area contributed by atoms with Crippen LogP contribution in [-0.4, -0.2) is 20.0 Å². The third kappa shape index (κ3) is 2.54. The molecular weight excluding hydrogens is 286 g/mol. The Hall–Kier alpha value is -2.57. The van der Waals surface area contributed by atoms with Crippen LogP contribution in [0.1, 0.15) is 0 Å². The fourth-order valence-corrected chi connectivity index (χ4v) is 2.37. The second kappa shape index (κ2) is 5.43. The van der Waals surface area contributed by atoms with Gasteiger partial charge in [-0.2, -0.15) is 0 Å². The molecule has 0 aliphatic heterocycles. The van der Waals surface area contributed by atoms with Gasteiger partial charge in [0.25, 0.3) is 0 Å². The topological polar surface area (TPSA) is 69.5 Å². The number of fused-ring (bicyclic) bond motifs is 1. The molecule has 0 radical (unpaired) electrons. The smallest absolute Gasteiger partial charge is 0.194 e. The number of thiocarbonyl (C=S) groups is 1. The van der Waals surface area contributed by atoms with Gasteiger partial charge in [0.15, 0.2) is 5.11 Å². The Morgan fingerprint density at radius 2 is 1.76 bits per heavy atom. The molecule has 0 spiro atoms. The first-order valence-corrected chi connectivity index (χ1v) is 6.70. The van der Waals surface area contributed by atoms with E-state index in [0.29, 0.717) is 0 Å². The van der Waals surface area contributed by atoms with Crippen molar-refractivity contribution in [2.45, 2.75) is 0 Å². The number of phenolic OH excluding ortho intramolecular Hbond substituents is 1. The normalized spacial score (nSPS) is 10.5. The van der Waals surface area contributed by atoms with E-state index in [2.05, 4.69) is 5.32 Å². The highest BCUT2D eigenvalue weighted by Crippen LogP contribution is 2.29. The Morgan fingerprint density at radius 1 is 1.05 bits per heavy atom. The predicted octanol–water partition coefficient (Wildman–Crippen LogP) is 3.01. The summed E-state index contributed by atoms with van der Waals surface area (Å²) >= 11 is 4.93. The van der Waals surface area contributed by atoms with E-state index in [-0.39, 0.29) is 10.9 Å². The lowest BCUT2D eigenvalue weighted by Crippen LogP contribution is -2.24. The molecule has 1 heterocycles. The lowest BCUT2D eigenvalue weighted by molar-refractivity contribution is 0.237. The fourth-order valence-electron chi connectivity index (χ4n) is 2.26. The van der Waals surface area contributed by atoms with Gasteiger partial charge in [-0.25, -0.2) is 5.48 Å². The van der Waals surface area contributed by atoms with Crippen molar-refractivity contribution in [3.05, 3.63) is 54.7 Å². The summed E-state index contributed by atoms with van der Waals surface area (Å²) in [6.07, 6.45) is 1.89. The van der Waals surface area contributed by atoms with E-state index in [1.165, 1.54) is 0 Å². The third-order valence-electron chi connectivity index (χ3n) is 3.19. The average molecular weight is 299 g/mol. The summed E-state index contributed by atoms with van der Waals surface area (Å²) in [5.41, 5.74) is 4.60. The van der Waals surface area contributed by atoms with Crippen LogP contribution in [-0.2, 0) is 0 Å². The number of nitrogens with zero attached hydrogens (tertiary/aromatic N) is 1. The van der Waals surface area contributed by atoms with Crippen LogP contribution >= 0.6 is 12.2 Å². The van der Waals surface area contributed by atoms with Crippen molar-refractivity contribution >= 4 is 33.9 Å². The van der Waals surface area contributed by atoms with E-state index < -0.39 is 0 Å². The van der Waals surface area contributed by atoms with Gasteiger partial charge in [-0.15, -0.1) is 0 Å². The summed E-state index contributed by atoms with van der Waals surface area (Å²) in [7, 11) is 0. The number of nitrogens with one attached hydrogen (secondary N) is 2. The van der Waals surface area contributed by atoms with Crippen molar-refractivity contribution < 1.29 is 10.3 Å². The monoisotopic (exact) mass is 299 g/mol. The van der Waals surface area contributed by atoms with Gasteiger partial charge in [0, 0.05) is 17.3 Å². The number of hydrogen-bond donors (Lipinski definition) is 4. The van der Waals surface area contributed by atoms with Crippen molar-refractivity contribution in [2.75, 3.05) is 5.32 Å². The van der Waals surface area contributed by atoms with Gasteiger partial charge in [-0.1, -0.05) is 18.2 Å². The Bertz CT molecular complexity index is 796. The second-order valence-electron chi connectivity index (χ2n) is 4.51. The quantitative estimate of drug-likeness (QED) is 0.432. The lowest BCUT2D eigenvalue weighted by atomic mass is 10.2. The van der Waals surface area contributed by atoms with Crippen LogP contribution in [0.4, 0.5) is 5.69 Å². The molecular formula is C15H13N3O2S. The molecule has 0 fully saturated rings. The van der Waals surface area contributed by atoms with E-state index >= 15 is 0 Å². The van der Waals surface area contributed by atoms with Gasteiger partial charge in [-0.05, 0) is 42.5 Å². The first-order chi connectivity index (χ1) is 10.2. The molecule has 3 rings (SSSR count). The molecule has 0 aliphatic carbocycles. The maximum absolute atomic E-state index is 9.40. The highest BCUT2D eigenvalue weighted by atomic mass is 32.1. The molecule has 0 amide bonds. The Labute approximate surface area is 126 Å². The number of rotatable bonds is 2. The summed E-state index contributed by atoms with van der Waals surface area (Å²) in [5, 5.41) is 22.3. The van der Waals surface area contributed by atoms with Crippen molar-refractivity contribution in [1.82, 2.24) is 10.0 Å². The number of para-hydroxylation sites is 1. The van der Waals surface area contributed by atoms with Gasteiger partial charge in [0.2, 0.25) is 0 Å². The molecule has 4 N–H and O–H groups in total. The number of aromatic hydroxyl groups is 1. The van der Waals surface area contributed by atoms with Crippen LogP contribution in [0.5, 0.6) is 5.75 Å². The summed E-state index contributed by atoms with van der Waals surface area (Å²) in [6, 6.07) is 14.8. The van der Waals surface area contributed by atoms with Gasteiger partial charge in [0.05, 0.1) is 11.2 Å². The van der Waals surface area contributed by atoms with Gasteiger partial charge >= 0.3 is 0 Å². The SMILES string of the molecule is ONC(=S)Nc1cn(-c2ccc(O)cc2)c2ccccc12. The van der Waals surface area contributed by atoms with Gasteiger partial charge in [0.1, 0.15) is 5.75 Å². The zero-order valence-corrected chi connectivity index (χ0v) is 11.8. The Balaban J connectivity index is 2.14. The molecule has 5 nitrogen and oxygen atoms in total. The molecule has 6 heteroatoms. The summed E-state index contributed by atoms with van der Waals surface area (Å²) in [5.74, 6) is 0.221. The van der Waals surface area contributed by atoms with Crippen molar-refractivity contribution in [1.29, 1.82) is 0 Å². The molecule has 3 aromatic rings. The van der Waals surface area contributed by atoms with E-state index in [9.17, 15) is 5.11 Å². The van der Waals surface area contributed by atoms with Gasteiger partial charge in [-0.3, -0.25) is 5.21 Å². The zero-order chi connectivity index (χ0) is 14.8. The lowest BCUT2D eigenvalue weighted by Gasteiger charge is -2.05. The molecule has 1 aromatic heterocycles. The predicted molar refractivity (Wildman–Crippen MR) is 86.1 cm³/mol. The number of aromatic nitrogens is 1. The minimum absolute atomic E-state index is 0.128. The molecule has 0 unspecified atom stereocenters. The standard InChI is InChI=1S/C15H13N3O2S/c19-11-7-5-10(6-8-11)18-9-13(16-15(21)17-20)12-3-1-2-4-14(12)18/h1-9,19-20H,(H2,16,17,21). The molecule has 0 atom stereocenters. The minimum atomic E-state index is 0.128. The summed E-state index contributed by atoms with van der Waals surface area (Å²) in [6.45, 7) is 0. The number of anilines is 1. The molecule has 0 bridgehead atoms. The Morgan fingerprint density at radius 3 is 2.48 bits per heavy atom. The van der Waals surface area contributed by atoms with Crippen LogP contribution in [0.25, 0.3) is 16.6 Å². The average Bonchev–Trinajstić information content (AvgIpc) is 2.87. The van der Waals surface area contributed by atoms with E-state index in [1.54, 1.807) is 12.1 Å². The first kappa shape index (κ1) is 13.4. The number of hydrogen-bond acceptors (Lipinski definition) is 3. The molecule has 0 saturated carbocycles. The van der Waals surface area contributed by atoms with E-state index in [1.807, 2.05) is 52.6 Å². The molecule has 106 valence electrons. The van der Waals surface area contributed by atoms with Crippen molar-refractivity contribution in [3.8, 4) is 11.4 Å². The van der Waals surface area contributed by atoms with E-state index in [4.69, 9.17) is 17.4 Å².